The van der Waals surface area contributed by atoms with E-state index in [4.69, 9.17) is 4.74 Å². The van der Waals surface area contributed by atoms with Gasteiger partial charge in [-0.05, 0) is 17.7 Å². The SMILES string of the molecule is CN(CC1(c2ccccc2)CC(O)=CC(=O)O1)c1ccccc1. The van der Waals surface area contributed by atoms with Crippen molar-refractivity contribution in [2.24, 2.45) is 0 Å². The highest BCUT2D eigenvalue weighted by atomic mass is 16.6. The molecule has 23 heavy (non-hydrogen) atoms. The fourth-order valence-electron chi connectivity index (χ4n) is 2.98. The fraction of sp³-hybridized carbons (Fsp3) is 0.211. The number of para-hydroxylation sites is 1. The molecule has 2 aromatic carbocycles. The van der Waals surface area contributed by atoms with Crippen molar-refractivity contribution >= 4 is 11.7 Å². The standard InChI is InChI=1S/C19H19NO3/c1-20(16-10-6-3-7-11-16)14-19(15-8-4-2-5-9-15)13-17(21)12-18(22)23-19/h2-12,21H,13-14H2,1H3. The highest BCUT2D eigenvalue weighted by molar-refractivity contribution is 5.84. The van der Waals surface area contributed by atoms with Crippen LogP contribution in [0.2, 0.25) is 0 Å². The Morgan fingerprint density at radius 1 is 1.09 bits per heavy atom. The molecule has 1 unspecified atom stereocenters. The van der Waals surface area contributed by atoms with E-state index in [1.807, 2.05) is 72.6 Å². The number of cyclic esters (lactones) is 1. The number of rotatable bonds is 4. The first kappa shape index (κ1) is 15.2. The highest BCUT2D eigenvalue weighted by Gasteiger charge is 2.41. The molecule has 4 nitrogen and oxygen atoms in total. The van der Waals surface area contributed by atoms with Crippen molar-refractivity contribution in [2.45, 2.75) is 12.0 Å². The van der Waals surface area contributed by atoms with E-state index in [0.717, 1.165) is 17.3 Å². The lowest BCUT2D eigenvalue weighted by atomic mass is 9.87. The van der Waals surface area contributed by atoms with Gasteiger partial charge in [-0.2, -0.15) is 0 Å². The molecule has 0 saturated carbocycles. The monoisotopic (exact) mass is 309 g/mol. The van der Waals surface area contributed by atoms with Crippen molar-refractivity contribution in [1.82, 2.24) is 0 Å². The molecule has 0 fully saturated rings. The van der Waals surface area contributed by atoms with Gasteiger partial charge in [-0.1, -0.05) is 48.5 Å². The lowest BCUT2D eigenvalue weighted by Crippen LogP contribution is -2.45. The summed E-state index contributed by atoms with van der Waals surface area (Å²) in [6, 6.07) is 19.5. The van der Waals surface area contributed by atoms with E-state index >= 15 is 0 Å². The number of benzene rings is 2. The molecular weight excluding hydrogens is 290 g/mol. The number of hydrogen-bond donors (Lipinski definition) is 1. The Labute approximate surface area is 135 Å². The van der Waals surface area contributed by atoms with Crippen LogP contribution in [0.5, 0.6) is 0 Å². The molecule has 118 valence electrons. The van der Waals surface area contributed by atoms with Crippen LogP contribution in [-0.4, -0.2) is 24.7 Å². The summed E-state index contributed by atoms with van der Waals surface area (Å²) in [5.74, 6) is -0.467. The highest BCUT2D eigenvalue weighted by Crippen LogP contribution is 2.36. The molecule has 0 saturated heterocycles. The number of hydrogen-bond acceptors (Lipinski definition) is 4. The van der Waals surface area contributed by atoms with Gasteiger partial charge in [-0.3, -0.25) is 0 Å². The van der Waals surface area contributed by atoms with E-state index in [1.54, 1.807) is 0 Å². The Morgan fingerprint density at radius 2 is 1.70 bits per heavy atom. The van der Waals surface area contributed by atoms with Gasteiger partial charge in [0.05, 0.1) is 19.0 Å². The van der Waals surface area contributed by atoms with Crippen LogP contribution in [-0.2, 0) is 15.1 Å². The number of ether oxygens (including phenoxy) is 1. The molecule has 4 heteroatoms. The maximum atomic E-state index is 11.9. The molecule has 1 aliphatic heterocycles. The van der Waals surface area contributed by atoms with E-state index in [9.17, 15) is 9.90 Å². The van der Waals surface area contributed by atoms with Crippen molar-refractivity contribution in [3.05, 3.63) is 78.1 Å². The Kier molecular flexibility index (Phi) is 4.06. The van der Waals surface area contributed by atoms with Crippen molar-refractivity contribution in [3.63, 3.8) is 0 Å². The number of likely N-dealkylation sites (N-methyl/N-ethyl adjacent to an activating group) is 1. The zero-order valence-electron chi connectivity index (χ0n) is 13.0. The van der Waals surface area contributed by atoms with Gasteiger partial charge >= 0.3 is 5.97 Å². The molecule has 2 aromatic rings. The Bertz CT molecular complexity index is 712. The van der Waals surface area contributed by atoms with E-state index in [-0.39, 0.29) is 12.2 Å². The van der Waals surface area contributed by atoms with Gasteiger partial charge in [-0.15, -0.1) is 0 Å². The van der Waals surface area contributed by atoms with E-state index in [1.165, 1.54) is 0 Å². The predicted octanol–water partition coefficient (Wildman–Crippen LogP) is 3.41. The van der Waals surface area contributed by atoms with Gasteiger partial charge < -0.3 is 14.7 Å². The maximum Gasteiger partial charge on any atom is 0.335 e. The third-order valence-electron chi connectivity index (χ3n) is 4.04. The van der Waals surface area contributed by atoms with Crippen LogP contribution in [0.3, 0.4) is 0 Å². The van der Waals surface area contributed by atoms with Gasteiger partial charge in [0.1, 0.15) is 5.76 Å². The third kappa shape index (κ3) is 3.21. The summed E-state index contributed by atoms with van der Waals surface area (Å²) in [6.45, 7) is 0.449. The minimum Gasteiger partial charge on any atom is -0.512 e. The summed E-state index contributed by atoms with van der Waals surface area (Å²) in [5.41, 5.74) is 0.991. The van der Waals surface area contributed by atoms with Gasteiger partial charge in [0.15, 0.2) is 5.60 Å². The first-order valence-corrected chi connectivity index (χ1v) is 7.53. The summed E-state index contributed by atoms with van der Waals surface area (Å²) in [4.78, 5) is 13.9. The average Bonchev–Trinajstić information content (AvgIpc) is 2.55. The van der Waals surface area contributed by atoms with Crippen LogP contribution in [0.4, 0.5) is 5.69 Å². The molecule has 0 spiro atoms. The van der Waals surface area contributed by atoms with Crippen LogP contribution in [0.1, 0.15) is 12.0 Å². The molecule has 0 aromatic heterocycles. The topological polar surface area (TPSA) is 49.8 Å². The van der Waals surface area contributed by atoms with E-state index < -0.39 is 11.6 Å². The fourth-order valence-corrected chi connectivity index (χ4v) is 2.98. The van der Waals surface area contributed by atoms with Gasteiger partial charge in [0.25, 0.3) is 0 Å². The number of anilines is 1. The van der Waals surface area contributed by atoms with Gasteiger partial charge in [0.2, 0.25) is 0 Å². The number of carbonyl (C=O) groups is 1. The van der Waals surface area contributed by atoms with Crippen LogP contribution in [0.15, 0.2) is 72.5 Å². The summed E-state index contributed by atoms with van der Waals surface area (Å²) in [6.07, 6.45) is 1.41. The molecule has 3 rings (SSSR count). The van der Waals surface area contributed by atoms with Gasteiger partial charge in [0, 0.05) is 12.7 Å². The largest absolute Gasteiger partial charge is 0.512 e. The molecule has 0 aliphatic carbocycles. The molecule has 1 aliphatic rings. The second-order valence-corrected chi connectivity index (χ2v) is 5.79. The third-order valence-corrected chi connectivity index (χ3v) is 4.04. The predicted molar refractivity (Wildman–Crippen MR) is 89.3 cm³/mol. The lowest BCUT2D eigenvalue weighted by Gasteiger charge is -2.39. The number of carbonyl (C=O) groups excluding carboxylic acids is 1. The first-order valence-electron chi connectivity index (χ1n) is 7.53. The smallest absolute Gasteiger partial charge is 0.335 e. The second kappa shape index (κ2) is 6.16. The summed E-state index contributed by atoms with van der Waals surface area (Å²) < 4.78 is 5.71. The van der Waals surface area contributed by atoms with Crippen LogP contribution < -0.4 is 4.90 Å². The Morgan fingerprint density at radius 3 is 2.30 bits per heavy atom. The van der Waals surface area contributed by atoms with Crippen LogP contribution in [0, 0.1) is 0 Å². The minimum absolute atomic E-state index is 0.0477. The number of aliphatic hydroxyl groups is 1. The van der Waals surface area contributed by atoms with E-state index in [2.05, 4.69) is 0 Å². The number of aliphatic hydroxyl groups excluding tert-OH is 1. The Hall–Kier alpha value is -2.75. The van der Waals surface area contributed by atoms with Crippen molar-refractivity contribution in [3.8, 4) is 0 Å². The average molecular weight is 309 g/mol. The second-order valence-electron chi connectivity index (χ2n) is 5.79. The van der Waals surface area contributed by atoms with Gasteiger partial charge in [-0.25, -0.2) is 4.79 Å². The van der Waals surface area contributed by atoms with Crippen LogP contribution >= 0.6 is 0 Å². The Balaban J connectivity index is 1.97. The van der Waals surface area contributed by atoms with E-state index in [0.29, 0.717) is 6.54 Å². The minimum atomic E-state index is -0.901. The lowest BCUT2D eigenvalue weighted by molar-refractivity contribution is -0.157. The maximum absolute atomic E-state index is 11.9. The molecule has 1 N–H and O–H groups in total. The van der Waals surface area contributed by atoms with Crippen molar-refractivity contribution in [1.29, 1.82) is 0 Å². The molecular formula is C19H19NO3. The zero-order valence-corrected chi connectivity index (χ0v) is 13.0. The number of nitrogens with zero attached hydrogens (tertiary/aromatic N) is 1. The molecule has 1 atom stereocenters. The molecule has 0 radical (unpaired) electrons. The normalized spacial score (nSPS) is 20.6. The summed E-state index contributed by atoms with van der Waals surface area (Å²) in [5, 5.41) is 10.0. The quantitative estimate of drug-likeness (QED) is 0.879. The molecule has 0 amide bonds. The number of esters is 1. The summed E-state index contributed by atoms with van der Waals surface area (Å²) >= 11 is 0. The van der Waals surface area contributed by atoms with Crippen molar-refractivity contribution < 1.29 is 14.6 Å². The summed E-state index contributed by atoms with van der Waals surface area (Å²) in [7, 11) is 1.95. The first-order chi connectivity index (χ1) is 11.1. The van der Waals surface area contributed by atoms with Crippen molar-refractivity contribution in [2.75, 3.05) is 18.5 Å². The van der Waals surface area contributed by atoms with Crippen LogP contribution in [0.25, 0.3) is 0 Å². The molecule has 1 heterocycles. The zero-order chi connectivity index (χ0) is 16.3. The molecule has 0 bridgehead atoms.